The molecule has 0 bridgehead atoms. The fourth-order valence-electron chi connectivity index (χ4n) is 2.15. The van der Waals surface area contributed by atoms with Gasteiger partial charge >= 0.3 is 12.0 Å². The summed E-state index contributed by atoms with van der Waals surface area (Å²) in [6.07, 6.45) is 0. The van der Waals surface area contributed by atoms with Gasteiger partial charge in [-0.2, -0.15) is 0 Å². The predicted octanol–water partition coefficient (Wildman–Crippen LogP) is 0.180. The Morgan fingerprint density at radius 3 is 2.41 bits per heavy atom. The largest absolute Gasteiger partial charge is 0.481 e. The number of likely N-dealkylation sites (tertiary alicyclic amines) is 1. The second-order valence-electron chi connectivity index (χ2n) is 4.68. The number of carbonyl (C=O) groups excluding carboxylic acids is 1. The molecule has 0 aliphatic carbocycles. The zero-order valence-corrected chi connectivity index (χ0v) is 10.6. The van der Waals surface area contributed by atoms with Crippen molar-refractivity contribution < 1.29 is 14.7 Å². The molecule has 3 N–H and O–H groups in total. The normalized spacial score (nSPS) is 24.2. The average molecular weight is 243 g/mol. The van der Waals surface area contributed by atoms with Crippen molar-refractivity contribution >= 4 is 12.0 Å². The van der Waals surface area contributed by atoms with E-state index in [1.165, 1.54) is 4.90 Å². The lowest BCUT2D eigenvalue weighted by molar-refractivity contribution is -0.141. The maximum absolute atomic E-state index is 12.1. The standard InChI is InChI=1S/C11H21N3O3/c1-4-14(7(2)3)11(17)13-5-8(10(15)16)9(12)6-13/h7-9H,4-6,12H2,1-3H3,(H,15,16)/t8-,9+/m1/s1. The molecule has 0 aromatic carbocycles. The lowest BCUT2D eigenvalue weighted by Crippen LogP contribution is -2.46. The van der Waals surface area contributed by atoms with Crippen molar-refractivity contribution in [3.63, 3.8) is 0 Å². The van der Waals surface area contributed by atoms with Crippen LogP contribution in [0.4, 0.5) is 4.79 Å². The lowest BCUT2D eigenvalue weighted by atomic mass is 10.1. The van der Waals surface area contributed by atoms with Crippen LogP contribution in [0, 0.1) is 5.92 Å². The number of amides is 2. The second-order valence-corrected chi connectivity index (χ2v) is 4.68. The molecule has 98 valence electrons. The van der Waals surface area contributed by atoms with Crippen molar-refractivity contribution in [1.82, 2.24) is 9.80 Å². The van der Waals surface area contributed by atoms with E-state index in [4.69, 9.17) is 10.8 Å². The van der Waals surface area contributed by atoms with Crippen LogP contribution in [0.15, 0.2) is 0 Å². The van der Waals surface area contributed by atoms with E-state index in [9.17, 15) is 9.59 Å². The van der Waals surface area contributed by atoms with Gasteiger partial charge < -0.3 is 20.6 Å². The minimum absolute atomic E-state index is 0.104. The van der Waals surface area contributed by atoms with Crippen molar-refractivity contribution in [2.24, 2.45) is 11.7 Å². The lowest BCUT2D eigenvalue weighted by Gasteiger charge is -2.30. The Balaban J connectivity index is 2.70. The molecule has 1 rings (SSSR count). The van der Waals surface area contributed by atoms with Crippen LogP contribution in [-0.2, 0) is 4.79 Å². The first-order chi connectivity index (χ1) is 7.88. The summed E-state index contributed by atoms with van der Waals surface area (Å²) >= 11 is 0. The number of carbonyl (C=O) groups is 2. The first-order valence-electron chi connectivity index (χ1n) is 5.92. The van der Waals surface area contributed by atoms with Crippen molar-refractivity contribution in [3.8, 4) is 0 Å². The van der Waals surface area contributed by atoms with E-state index in [2.05, 4.69) is 0 Å². The Hall–Kier alpha value is -1.30. The molecule has 1 saturated heterocycles. The molecule has 2 amide bonds. The van der Waals surface area contributed by atoms with Gasteiger partial charge in [-0.3, -0.25) is 4.79 Å². The third kappa shape index (κ3) is 2.88. The molecule has 0 spiro atoms. The average Bonchev–Trinajstić information content (AvgIpc) is 2.60. The van der Waals surface area contributed by atoms with Gasteiger partial charge in [0.15, 0.2) is 0 Å². The van der Waals surface area contributed by atoms with Crippen LogP contribution in [0.25, 0.3) is 0 Å². The summed E-state index contributed by atoms with van der Waals surface area (Å²) in [6.45, 7) is 6.91. The van der Waals surface area contributed by atoms with Crippen LogP contribution in [0.2, 0.25) is 0 Å². The number of rotatable bonds is 3. The van der Waals surface area contributed by atoms with Crippen LogP contribution >= 0.6 is 0 Å². The molecule has 2 atom stereocenters. The second kappa shape index (κ2) is 5.35. The van der Waals surface area contributed by atoms with E-state index in [-0.39, 0.29) is 18.6 Å². The van der Waals surface area contributed by atoms with Gasteiger partial charge in [0, 0.05) is 31.7 Å². The molecule has 6 nitrogen and oxygen atoms in total. The van der Waals surface area contributed by atoms with E-state index >= 15 is 0 Å². The summed E-state index contributed by atoms with van der Waals surface area (Å²) in [5.74, 6) is -1.58. The molecular formula is C11H21N3O3. The number of aliphatic carboxylic acids is 1. The Morgan fingerprint density at radius 1 is 1.47 bits per heavy atom. The number of nitrogens with zero attached hydrogens (tertiary/aromatic N) is 2. The van der Waals surface area contributed by atoms with Crippen molar-refractivity contribution in [2.45, 2.75) is 32.9 Å². The quantitative estimate of drug-likeness (QED) is 0.740. The van der Waals surface area contributed by atoms with Gasteiger partial charge in [-0.1, -0.05) is 0 Å². The maximum atomic E-state index is 12.1. The summed E-state index contributed by atoms with van der Waals surface area (Å²) in [5.41, 5.74) is 5.73. The molecule has 0 aromatic rings. The first-order valence-corrected chi connectivity index (χ1v) is 5.92. The van der Waals surface area contributed by atoms with Crippen LogP contribution in [-0.4, -0.2) is 58.6 Å². The molecule has 1 aliphatic rings. The third-order valence-corrected chi connectivity index (χ3v) is 3.16. The topological polar surface area (TPSA) is 86.9 Å². The SMILES string of the molecule is CCN(C(=O)N1C[C@H](N)[C@H](C(=O)O)C1)C(C)C. The Kier molecular flexibility index (Phi) is 4.34. The number of urea groups is 1. The van der Waals surface area contributed by atoms with E-state index < -0.39 is 17.9 Å². The van der Waals surface area contributed by atoms with Crippen LogP contribution in [0.3, 0.4) is 0 Å². The minimum atomic E-state index is -0.930. The van der Waals surface area contributed by atoms with E-state index in [1.807, 2.05) is 20.8 Å². The zero-order valence-electron chi connectivity index (χ0n) is 10.6. The zero-order chi connectivity index (χ0) is 13.2. The summed E-state index contributed by atoms with van der Waals surface area (Å²) in [6, 6.07) is -0.489. The highest BCUT2D eigenvalue weighted by Gasteiger charge is 2.38. The third-order valence-electron chi connectivity index (χ3n) is 3.16. The fraction of sp³-hybridized carbons (Fsp3) is 0.818. The van der Waals surface area contributed by atoms with Crippen LogP contribution < -0.4 is 5.73 Å². The summed E-state index contributed by atoms with van der Waals surface area (Å²) in [5, 5.41) is 8.96. The summed E-state index contributed by atoms with van der Waals surface area (Å²) in [4.78, 5) is 26.3. The van der Waals surface area contributed by atoms with Gasteiger partial charge in [0.25, 0.3) is 0 Å². The number of carboxylic acid groups (broad SMARTS) is 1. The number of hydrogen-bond donors (Lipinski definition) is 2. The molecular weight excluding hydrogens is 222 g/mol. The molecule has 17 heavy (non-hydrogen) atoms. The first kappa shape index (κ1) is 13.8. The van der Waals surface area contributed by atoms with Gasteiger partial charge in [0.05, 0.1) is 5.92 Å². The predicted molar refractivity (Wildman–Crippen MR) is 63.6 cm³/mol. The molecule has 1 heterocycles. The fourth-order valence-corrected chi connectivity index (χ4v) is 2.15. The number of carboxylic acids is 1. The molecule has 0 unspecified atom stereocenters. The van der Waals surface area contributed by atoms with Crippen molar-refractivity contribution in [3.05, 3.63) is 0 Å². The highest BCUT2D eigenvalue weighted by Crippen LogP contribution is 2.18. The van der Waals surface area contributed by atoms with Crippen LogP contribution in [0.5, 0.6) is 0 Å². The highest BCUT2D eigenvalue weighted by molar-refractivity contribution is 5.78. The van der Waals surface area contributed by atoms with Gasteiger partial charge in [0.2, 0.25) is 0 Å². The van der Waals surface area contributed by atoms with E-state index in [0.29, 0.717) is 13.1 Å². The number of nitrogens with two attached hydrogens (primary N) is 1. The maximum Gasteiger partial charge on any atom is 0.320 e. The molecule has 0 aromatic heterocycles. The number of hydrogen-bond acceptors (Lipinski definition) is 3. The molecule has 1 fully saturated rings. The molecule has 1 aliphatic heterocycles. The molecule has 0 saturated carbocycles. The van der Waals surface area contributed by atoms with Gasteiger partial charge in [0.1, 0.15) is 0 Å². The smallest absolute Gasteiger partial charge is 0.320 e. The van der Waals surface area contributed by atoms with Crippen molar-refractivity contribution in [2.75, 3.05) is 19.6 Å². The molecule has 6 heteroatoms. The monoisotopic (exact) mass is 243 g/mol. The highest BCUT2D eigenvalue weighted by atomic mass is 16.4. The Bertz CT molecular complexity index is 306. The minimum Gasteiger partial charge on any atom is -0.481 e. The molecule has 0 radical (unpaired) electrons. The summed E-state index contributed by atoms with van der Waals surface area (Å²) in [7, 11) is 0. The van der Waals surface area contributed by atoms with Crippen LogP contribution in [0.1, 0.15) is 20.8 Å². The van der Waals surface area contributed by atoms with E-state index in [1.54, 1.807) is 4.90 Å². The Morgan fingerprint density at radius 2 is 2.06 bits per heavy atom. The van der Waals surface area contributed by atoms with Gasteiger partial charge in [-0.15, -0.1) is 0 Å². The van der Waals surface area contributed by atoms with Crippen molar-refractivity contribution in [1.29, 1.82) is 0 Å². The van der Waals surface area contributed by atoms with Gasteiger partial charge in [-0.05, 0) is 20.8 Å². The van der Waals surface area contributed by atoms with Gasteiger partial charge in [-0.25, -0.2) is 4.79 Å². The summed E-state index contributed by atoms with van der Waals surface area (Å²) < 4.78 is 0. The Labute approximate surface area is 101 Å². The van der Waals surface area contributed by atoms with E-state index in [0.717, 1.165) is 0 Å².